The molecule has 6 N–H and O–H groups in total. The zero-order chi connectivity index (χ0) is 24.1. The summed E-state index contributed by atoms with van der Waals surface area (Å²) < 4.78 is 0. The third-order valence-corrected chi connectivity index (χ3v) is 5.19. The molecule has 33 heavy (non-hydrogen) atoms. The van der Waals surface area contributed by atoms with Crippen LogP contribution in [0, 0.1) is 0 Å². The molecule has 1 heterocycles. The molecule has 0 aliphatic carbocycles. The van der Waals surface area contributed by atoms with E-state index in [9.17, 15) is 24.9 Å². The number of carbonyl (C=O) groups is 2. The van der Waals surface area contributed by atoms with Gasteiger partial charge >= 0.3 is 0 Å². The van der Waals surface area contributed by atoms with Crippen LogP contribution < -0.4 is 27.0 Å². The maximum atomic E-state index is 11.3. The van der Waals surface area contributed by atoms with Crippen molar-refractivity contribution in [3.05, 3.63) is 71.3 Å². The van der Waals surface area contributed by atoms with Crippen molar-refractivity contribution >= 4 is 34.6 Å². The number of nitrogen functional groups attached to an aromatic ring is 2. The second kappa shape index (κ2) is 10.1. The summed E-state index contributed by atoms with van der Waals surface area (Å²) in [6, 6.07) is 11.2. The van der Waals surface area contributed by atoms with Gasteiger partial charge < -0.3 is 36.4 Å². The lowest BCUT2D eigenvalue weighted by Gasteiger charge is -2.24. The standard InChI is InChI=1S/C23H25N5O5/c1-12(21(30)31)10-18(22(32)33)26-20(29)15-7-4-13(5-8-15)2-3-14-6-9-17-16(11-14)19(24)28-23(25)27-17/h4-9,11,18,20,26,29H,1-3,10H2,(H,30,31)(H,32,33)(H4,24,25,27,28)/p-2/t18-,20?/m0/s1. The summed E-state index contributed by atoms with van der Waals surface area (Å²) in [6.45, 7) is 3.24. The number of rotatable bonds is 10. The monoisotopic (exact) mass is 449 g/mol. The van der Waals surface area contributed by atoms with Gasteiger partial charge in [-0.25, -0.2) is 4.98 Å². The number of fused-ring (bicyclic) bond motifs is 1. The number of nitrogens with two attached hydrogens (primary N) is 2. The fourth-order valence-electron chi connectivity index (χ4n) is 3.36. The number of hydrogen-bond acceptors (Lipinski definition) is 10. The fraction of sp³-hybridized carbons (Fsp3) is 0.217. The molecule has 1 aromatic heterocycles. The third-order valence-electron chi connectivity index (χ3n) is 5.19. The van der Waals surface area contributed by atoms with E-state index < -0.39 is 36.2 Å². The number of hydrogen-bond donors (Lipinski definition) is 4. The molecule has 172 valence electrons. The van der Waals surface area contributed by atoms with Gasteiger partial charge in [0.25, 0.3) is 0 Å². The lowest BCUT2D eigenvalue weighted by atomic mass is 10.0. The van der Waals surface area contributed by atoms with E-state index >= 15 is 0 Å². The summed E-state index contributed by atoms with van der Waals surface area (Å²) in [5.41, 5.74) is 14.3. The van der Waals surface area contributed by atoms with Crippen molar-refractivity contribution in [1.29, 1.82) is 0 Å². The Labute approximate surface area is 189 Å². The van der Waals surface area contributed by atoms with E-state index in [1.54, 1.807) is 12.1 Å². The molecule has 0 amide bonds. The quantitative estimate of drug-likeness (QED) is 0.220. The Morgan fingerprint density at radius 1 is 1.03 bits per heavy atom. The fourth-order valence-corrected chi connectivity index (χ4v) is 3.36. The molecule has 1 unspecified atom stereocenters. The number of aliphatic hydroxyl groups is 1. The first-order chi connectivity index (χ1) is 15.6. The van der Waals surface area contributed by atoms with Gasteiger partial charge in [-0.2, -0.15) is 4.98 Å². The summed E-state index contributed by atoms with van der Waals surface area (Å²) in [6.07, 6.45) is -0.378. The molecule has 3 rings (SSSR count). The van der Waals surface area contributed by atoms with Gasteiger partial charge in [0.05, 0.1) is 23.5 Å². The lowest BCUT2D eigenvalue weighted by molar-refractivity contribution is -0.309. The van der Waals surface area contributed by atoms with E-state index in [4.69, 9.17) is 11.5 Å². The molecular formula is C23H23N5O5-2. The van der Waals surface area contributed by atoms with Gasteiger partial charge in [0.2, 0.25) is 5.95 Å². The summed E-state index contributed by atoms with van der Waals surface area (Å²) in [7, 11) is 0. The van der Waals surface area contributed by atoms with E-state index in [0.29, 0.717) is 23.3 Å². The number of nitrogens with one attached hydrogen (secondary N) is 1. The zero-order valence-corrected chi connectivity index (χ0v) is 17.7. The Morgan fingerprint density at radius 3 is 2.30 bits per heavy atom. The van der Waals surface area contributed by atoms with Crippen molar-refractivity contribution in [2.24, 2.45) is 0 Å². The maximum absolute atomic E-state index is 11.3. The molecule has 0 saturated carbocycles. The van der Waals surface area contributed by atoms with Crippen molar-refractivity contribution in [3.63, 3.8) is 0 Å². The summed E-state index contributed by atoms with van der Waals surface area (Å²) >= 11 is 0. The Morgan fingerprint density at radius 2 is 1.67 bits per heavy atom. The molecule has 0 aliphatic heterocycles. The van der Waals surface area contributed by atoms with Crippen molar-refractivity contribution in [3.8, 4) is 0 Å². The highest BCUT2D eigenvalue weighted by molar-refractivity contribution is 5.89. The van der Waals surface area contributed by atoms with E-state index in [1.165, 1.54) is 0 Å². The first-order valence-corrected chi connectivity index (χ1v) is 10.1. The second-order valence-electron chi connectivity index (χ2n) is 7.60. The van der Waals surface area contributed by atoms with Gasteiger partial charge in [-0.1, -0.05) is 36.9 Å². The van der Waals surface area contributed by atoms with Crippen LogP contribution >= 0.6 is 0 Å². The van der Waals surface area contributed by atoms with Crippen molar-refractivity contribution < 1.29 is 24.9 Å². The molecule has 3 aromatic rings. The number of anilines is 2. The highest BCUT2D eigenvalue weighted by atomic mass is 16.4. The van der Waals surface area contributed by atoms with E-state index in [1.807, 2.05) is 30.3 Å². The van der Waals surface area contributed by atoms with Gasteiger partial charge in [0.15, 0.2) is 0 Å². The number of carboxylic acid groups (broad SMARTS) is 2. The minimum Gasteiger partial charge on any atom is -0.548 e. The van der Waals surface area contributed by atoms with Crippen LogP contribution in [0.2, 0.25) is 0 Å². The lowest BCUT2D eigenvalue weighted by Crippen LogP contribution is -2.47. The number of aliphatic hydroxyl groups excluding tert-OH is 1. The van der Waals surface area contributed by atoms with Crippen molar-refractivity contribution in [2.75, 3.05) is 11.5 Å². The highest BCUT2D eigenvalue weighted by Crippen LogP contribution is 2.21. The van der Waals surface area contributed by atoms with Crippen LogP contribution in [0.4, 0.5) is 11.8 Å². The molecular weight excluding hydrogens is 426 g/mol. The van der Waals surface area contributed by atoms with Crippen LogP contribution in [-0.4, -0.2) is 33.1 Å². The van der Waals surface area contributed by atoms with E-state index in [0.717, 1.165) is 22.9 Å². The van der Waals surface area contributed by atoms with Gasteiger partial charge in [0.1, 0.15) is 12.0 Å². The van der Waals surface area contributed by atoms with Crippen LogP contribution in [0.15, 0.2) is 54.6 Å². The molecule has 0 saturated heterocycles. The summed E-state index contributed by atoms with van der Waals surface area (Å²) in [5, 5.41) is 35.5. The summed E-state index contributed by atoms with van der Waals surface area (Å²) in [5.74, 6) is -2.67. The molecule has 10 heteroatoms. The number of nitrogens with zero attached hydrogens (tertiary/aromatic N) is 2. The van der Waals surface area contributed by atoms with Gasteiger partial charge in [-0.15, -0.1) is 0 Å². The Hall–Kier alpha value is -4.02. The minimum atomic E-state index is -1.56. The molecule has 0 spiro atoms. The number of aromatic nitrogens is 2. The smallest absolute Gasteiger partial charge is 0.222 e. The molecule has 0 aliphatic rings. The SMILES string of the molecule is C=C(C[C@H](NC(O)c1ccc(CCc2ccc3nc(N)nc(N)c3c2)cc1)C(=O)[O-])C(=O)[O-]. The maximum Gasteiger partial charge on any atom is 0.222 e. The molecule has 0 radical (unpaired) electrons. The predicted molar refractivity (Wildman–Crippen MR) is 118 cm³/mol. The summed E-state index contributed by atoms with van der Waals surface area (Å²) in [4.78, 5) is 30.2. The Bertz CT molecular complexity index is 1200. The molecule has 0 fully saturated rings. The van der Waals surface area contributed by atoms with Crippen molar-refractivity contribution in [2.45, 2.75) is 31.5 Å². The first kappa shape index (κ1) is 23.6. The molecule has 2 atom stereocenters. The second-order valence-corrected chi connectivity index (χ2v) is 7.60. The normalized spacial score (nSPS) is 12.9. The van der Waals surface area contributed by atoms with Crippen molar-refractivity contribution in [1.82, 2.24) is 15.3 Å². The number of aliphatic carboxylic acids is 2. The third kappa shape index (κ3) is 6.03. The number of benzene rings is 2. The number of carboxylic acids is 2. The van der Waals surface area contributed by atoms with Gasteiger partial charge in [-0.05, 0) is 53.7 Å². The highest BCUT2D eigenvalue weighted by Gasteiger charge is 2.17. The number of carbonyl (C=O) groups excluding carboxylic acids is 2. The van der Waals surface area contributed by atoms with Crippen LogP contribution in [-0.2, 0) is 22.4 Å². The molecule has 0 bridgehead atoms. The molecule has 2 aromatic carbocycles. The first-order valence-electron chi connectivity index (χ1n) is 10.1. The predicted octanol–water partition coefficient (Wildman–Crippen LogP) is -1.03. The van der Waals surface area contributed by atoms with Crippen LogP contribution in [0.3, 0.4) is 0 Å². The topological polar surface area (TPSA) is 190 Å². The van der Waals surface area contributed by atoms with Crippen LogP contribution in [0.1, 0.15) is 29.3 Å². The van der Waals surface area contributed by atoms with Gasteiger partial charge in [0, 0.05) is 5.39 Å². The van der Waals surface area contributed by atoms with Crippen LogP contribution in [0.25, 0.3) is 10.9 Å². The Balaban J connectivity index is 1.62. The Kier molecular flexibility index (Phi) is 7.21. The average molecular weight is 449 g/mol. The molecule has 10 nitrogen and oxygen atoms in total. The average Bonchev–Trinajstić information content (AvgIpc) is 2.77. The number of aryl methyl sites for hydroxylation is 2. The van der Waals surface area contributed by atoms with Gasteiger partial charge in [-0.3, -0.25) is 5.32 Å². The van der Waals surface area contributed by atoms with Crippen LogP contribution in [0.5, 0.6) is 0 Å². The minimum absolute atomic E-state index is 0.124. The van der Waals surface area contributed by atoms with E-state index in [2.05, 4.69) is 21.9 Å². The van der Waals surface area contributed by atoms with E-state index in [-0.39, 0.29) is 5.95 Å². The largest absolute Gasteiger partial charge is 0.548 e. The zero-order valence-electron chi connectivity index (χ0n) is 17.7.